The molecule has 0 spiro atoms. The van der Waals surface area contributed by atoms with Crippen LogP contribution < -0.4 is 0 Å². The van der Waals surface area contributed by atoms with Crippen molar-refractivity contribution in [3.63, 3.8) is 0 Å². The summed E-state index contributed by atoms with van der Waals surface area (Å²) in [6, 6.07) is 0. The van der Waals surface area contributed by atoms with Gasteiger partial charge in [-0.2, -0.15) is 0 Å². The third-order valence-electron chi connectivity index (χ3n) is 16.7. The molecule has 6 nitrogen and oxygen atoms in total. The van der Waals surface area contributed by atoms with Gasteiger partial charge in [-0.25, -0.2) is 0 Å². The van der Waals surface area contributed by atoms with Crippen molar-refractivity contribution >= 4 is 17.9 Å². The lowest BCUT2D eigenvalue weighted by Crippen LogP contribution is -2.30. The zero-order chi connectivity index (χ0) is 57.8. The fourth-order valence-corrected chi connectivity index (χ4v) is 11.2. The number of hydrogen-bond acceptors (Lipinski definition) is 6. The van der Waals surface area contributed by atoms with Gasteiger partial charge in [0.2, 0.25) is 0 Å². The van der Waals surface area contributed by atoms with Crippen molar-refractivity contribution in [3.8, 4) is 0 Å². The van der Waals surface area contributed by atoms with Crippen LogP contribution in [0.1, 0.15) is 412 Å². The molecule has 0 radical (unpaired) electrons. The molecule has 0 bridgehead atoms. The van der Waals surface area contributed by atoms with Gasteiger partial charge in [0.05, 0.1) is 0 Å². The number of unbranched alkanes of at least 4 members (excludes halogenated alkanes) is 53. The summed E-state index contributed by atoms with van der Waals surface area (Å²) in [5.74, 6) is -0.852. The Balaban J connectivity index is 4.22. The van der Waals surface area contributed by atoms with Crippen molar-refractivity contribution in [2.24, 2.45) is 0 Å². The molecule has 1 unspecified atom stereocenters. The SMILES string of the molecule is CCCCCCCCC/C=C\CCCCCCCCCC(=O)OC(COC(=O)CCCCCCC/C=C\CCCCCCCCC)COC(=O)CCCCCCCCCCCCCCCCCCCCCCCCCCCCCC. The van der Waals surface area contributed by atoms with Gasteiger partial charge in [-0.1, -0.05) is 347 Å². The molecule has 0 aliphatic rings. The van der Waals surface area contributed by atoms with Gasteiger partial charge >= 0.3 is 17.9 Å². The summed E-state index contributed by atoms with van der Waals surface area (Å²) in [5, 5.41) is 0. The van der Waals surface area contributed by atoms with Crippen molar-refractivity contribution in [2.75, 3.05) is 13.2 Å². The highest BCUT2D eigenvalue weighted by atomic mass is 16.6. The van der Waals surface area contributed by atoms with Crippen molar-refractivity contribution in [3.05, 3.63) is 24.3 Å². The van der Waals surface area contributed by atoms with E-state index in [0.29, 0.717) is 19.3 Å². The molecular formula is C74H140O6. The number of ether oxygens (including phenoxy) is 3. The Kier molecular flexibility index (Phi) is 67.6. The molecule has 0 saturated carbocycles. The maximum atomic E-state index is 12.9. The van der Waals surface area contributed by atoms with Crippen LogP contribution in [-0.4, -0.2) is 37.2 Å². The monoisotopic (exact) mass is 1130 g/mol. The second-order valence-corrected chi connectivity index (χ2v) is 24.9. The lowest BCUT2D eigenvalue weighted by atomic mass is 10.0. The molecule has 0 aliphatic carbocycles. The van der Waals surface area contributed by atoms with E-state index in [1.807, 2.05) is 0 Å². The summed E-state index contributed by atoms with van der Waals surface area (Å²) in [5.41, 5.74) is 0. The van der Waals surface area contributed by atoms with Gasteiger partial charge in [0.15, 0.2) is 6.10 Å². The third-order valence-corrected chi connectivity index (χ3v) is 16.7. The first-order valence-electron chi connectivity index (χ1n) is 36.3. The predicted octanol–water partition coefficient (Wildman–Crippen LogP) is 25.0. The first-order chi connectivity index (χ1) is 39.5. The van der Waals surface area contributed by atoms with Crippen LogP contribution in [0.2, 0.25) is 0 Å². The topological polar surface area (TPSA) is 78.9 Å². The van der Waals surface area contributed by atoms with Gasteiger partial charge in [0, 0.05) is 19.3 Å². The van der Waals surface area contributed by atoms with Crippen LogP contribution in [0.25, 0.3) is 0 Å². The van der Waals surface area contributed by atoms with Gasteiger partial charge in [-0.15, -0.1) is 0 Å². The lowest BCUT2D eigenvalue weighted by molar-refractivity contribution is -0.167. The number of rotatable bonds is 68. The molecule has 1 atom stereocenters. The zero-order valence-electron chi connectivity index (χ0n) is 54.4. The molecule has 0 N–H and O–H groups in total. The molecule has 0 amide bonds. The summed E-state index contributed by atoms with van der Waals surface area (Å²) in [6.45, 7) is 6.71. The number of carbonyl (C=O) groups excluding carboxylic acids is 3. The third kappa shape index (κ3) is 66.7. The number of esters is 3. The molecule has 472 valence electrons. The summed E-state index contributed by atoms with van der Waals surface area (Å²) >= 11 is 0. The second-order valence-electron chi connectivity index (χ2n) is 24.9. The average Bonchev–Trinajstić information content (AvgIpc) is 3.46. The van der Waals surface area contributed by atoms with Gasteiger partial charge in [0.25, 0.3) is 0 Å². The highest BCUT2D eigenvalue weighted by Crippen LogP contribution is 2.19. The van der Waals surface area contributed by atoms with Gasteiger partial charge in [-0.05, 0) is 70.6 Å². The zero-order valence-corrected chi connectivity index (χ0v) is 54.4. The van der Waals surface area contributed by atoms with Gasteiger partial charge in [0.1, 0.15) is 13.2 Å². The average molecular weight is 1130 g/mol. The Labute approximate surface area is 500 Å². The minimum Gasteiger partial charge on any atom is -0.462 e. The fraction of sp³-hybridized carbons (Fsp3) is 0.905. The maximum absolute atomic E-state index is 12.9. The van der Waals surface area contributed by atoms with Crippen LogP contribution in [0, 0.1) is 0 Å². The quantitative estimate of drug-likeness (QED) is 0.0261. The summed E-state index contributed by atoms with van der Waals surface area (Å²) in [6.07, 6.45) is 85.0. The molecule has 0 rings (SSSR count). The van der Waals surface area contributed by atoms with Gasteiger partial charge < -0.3 is 14.2 Å². The highest BCUT2D eigenvalue weighted by Gasteiger charge is 2.19. The molecule has 0 heterocycles. The Bertz CT molecular complexity index is 1290. The Morgan fingerprint density at radius 2 is 0.412 bits per heavy atom. The fourth-order valence-electron chi connectivity index (χ4n) is 11.2. The largest absolute Gasteiger partial charge is 0.462 e. The van der Waals surface area contributed by atoms with Crippen LogP contribution >= 0.6 is 0 Å². The van der Waals surface area contributed by atoms with Crippen molar-refractivity contribution in [1.29, 1.82) is 0 Å². The van der Waals surface area contributed by atoms with E-state index in [9.17, 15) is 14.4 Å². The Morgan fingerprint density at radius 3 is 0.625 bits per heavy atom. The molecule has 0 saturated heterocycles. The first-order valence-corrected chi connectivity index (χ1v) is 36.3. The molecule has 0 fully saturated rings. The van der Waals surface area contributed by atoms with E-state index in [1.54, 1.807) is 0 Å². The number of hydrogen-bond donors (Lipinski definition) is 0. The first kappa shape index (κ1) is 77.9. The van der Waals surface area contributed by atoms with Crippen molar-refractivity contribution < 1.29 is 28.6 Å². The van der Waals surface area contributed by atoms with Crippen molar-refractivity contribution in [1.82, 2.24) is 0 Å². The van der Waals surface area contributed by atoms with Crippen LogP contribution in [0.4, 0.5) is 0 Å². The van der Waals surface area contributed by atoms with E-state index >= 15 is 0 Å². The van der Waals surface area contributed by atoms with E-state index in [0.717, 1.165) is 64.2 Å². The lowest BCUT2D eigenvalue weighted by Gasteiger charge is -2.18. The second kappa shape index (κ2) is 69.4. The van der Waals surface area contributed by atoms with E-state index in [-0.39, 0.29) is 31.1 Å². The molecule has 6 heteroatoms. The highest BCUT2D eigenvalue weighted by molar-refractivity contribution is 5.71. The van der Waals surface area contributed by atoms with E-state index in [1.165, 1.54) is 308 Å². The minimum absolute atomic E-state index is 0.0702. The standard InChI is InChI=1S/C74H140O6/c1-4-7-10-13-16-19-22-25-28-31-33-34-35-36-37-38-39-40-41-42-44-46-49-52-55-58-61-64-67-73(76)79-70-71(69-78-72(75)66-63-60-57-54-51-48-45-30-27-24-21-18-15-12-9-6-3)80-74(77)68-65-62-59-56-53-50-47-43-32-29-26-23-20-17-14-11-8-5-2/h29-30,32,45,71H,4-28,31,33-44,46-70H2,1-3H3/b32-29-,45-30-. The van der Waals surface area contributed by atoms with E-state index in [4.69, 9.17) is 14.2 Å². The van der Waals surface area contributed by atoms with Crippen LogP contribution in [0.3, 0.4) is 0 Å². The number of carbonyl (C=O) groups is 3. The smallest absolute Gasteiger partial charge is 0.306 e. The minimum atomic E-state index is -0.775. The Morgan fingerprint density at radius 1 is 0.237 bits per heavy atom. The summed E-state index contributed by atoms with van der Waals surface area (Å²) in [4.78, 5) is 38.4. The van der Waals surface area contributed by atoms with Crippen molar-refractivity contribution in [2.45, 2.75) is 419 Å². The molecule has 0 aromatic rings. The van der Waals surface area contributed by atoms with Crippen LogP contribution in [0.15, 0.2) is 24.3 Å². The van der Waals surface area contributed by atoms with Gasteiger partial charge in [-0.3, -0.25) is 14.4 Å². The maximum Gasteiger partial charge on any atom is 0.306 e. The normalized spacial score (nSPS) is 12.1. The van der Waals surface area contributed by atoms with E-state index < -0.39 is 6.10 Å². The van der Waals surface area contributed by atoms with E-state index in [2.05, 4.69) is 45.1 Å². The Hall–Kier alpha value is -2.11. The molecule has 0 aliphatic heterocycles. The predicted molar refractivity (Wildman–Crippen MR) is 349 cm³/mol. The summed E-state index contributed by atoms with van der Waals surface area (Å²) < 4.78 is 17.0. The molecule has 80 heavy (non-hydrogen) atoms. The van der Waals surface area contributed by atoms with Crippen LogP contribution in [-0.2, 0) is 28.6 Å². The molecule has 0 aromatic heterocycles. The number of allylic oxidation sites excluding steroid dienone is 4. The summed E-state index contributed by atoms with van der Waals surface area (Å²) in [7, 11) is 0. The van der Waals surface area contributed by atoms with Crippen LogP contribution in [0.5, 0.6) is 0 Å². The molecule has 0 aromatic carbocycles. The molecular weight excluding hydrogens is 985 g/mol.